The Bertz CT molecular complexity index is 1340. The van der Waals surface area contributed by atoms with Gasteiger partial charge in [0.15, 0.2) is 9.84 Å². The van der Waals surface area contributed by atoms with Gasteiger partial charge in [0.2, 0.25) is 0 Å². The standard InChI is InChI=1S/C29H38O6S2/c1-19-6-10-24(11-7-19)37(33,34)35-23-9-8-22-18-36(31,32)28(25(22)16-23)15-21-5-4-14-29(3)26(20(2)17-30)12-13-27(21)29/h6-7,10-11,15,17,20,23,26-28H,4-5,8-9,12-14,16,18H2,1-3H3/b21-15+/t20-,23+,26-,27+,28-,29-/m1/s1. The van der Waals surface area contributed by atoms with Gasteiger partial charge >= 0.3 is 0 Å². The van der Waals surface area contributed by atoms with Crippen LogP contribution in [0.2, 0.25) is 0 Å². The highest BCUT2D eigenvalue weighted by atomic mass is 32.2. The van der Waals surface area contributed by atoms with E-state index >= 15 is 0 Å². The van der Waals surface area contributed by atoms with E-state index in [1.165, 1.54) is 5.57 Å². The molecule has 202 valence electrons. The number of carbonyl (C=O) groups excluding carboxylic acids is 1. The number of carbonyl (C=O) groups is 1. The van der Waals surface area contributed by atoms with E-state index in [9.17, 15) is 21.6 Å². The van der Waals surface area contributed by atoms with Crippen LogP contribution in [-0.2, 0) is 28.9 Å². The zero-order valence-electron chi connectivity index (χ0n) is 22.0. The third-order valence-corrected chi connectivity index (χ3v) is 12.9. The topological polar surface area (TPSA) is 94.6 Å². The molecule has 0 saturated heterocycles. The lowest BCUT2D eigenvalue weighted by molar-refractivity contribution is -0.113. The van der Waals surface area contributed by atoms with Crippen LogP contribution in [0.25, 0.3) is 0 Å². The maximum atomic E-state index is 13.3. The molecule has 6 atom stereocenters. The Morgan fingerprint density at radius 1 is 1.11 bits per heavy atom. The van der Waals surface area contributed by atoms with Crippen molar-refractivity contribution in [1.82, 2.24) is 0 Å². The molecule has 0 N–H and O–H groups in total. The second-order valence-electron chi connectivity index (χ2n) is 11.9. The summed E-state index contributed by atoms with van der Waals surface area (Å²) in [6, 6.07) is 6.58. The molecule has 0 amide bonds. The van der Waals surface area contributed by atoms with Crippen molar-refractivity contribution in [2.24, 2.45) is 23.2 Å². The molecule has 2 fully saturated rings. The molecule has 1 aromatic carbocycles. The summed E-state index contributed by atoms with van der Waals surface area (Å²) < 4.78 is 58.2. The third-order valence-electron chi connectivity index (χ3n) is 9.60. The highest BCUT2D eigenvalue weighted by Gasteiger charge is 2.51. The summed E-state index contributed by atoms with van der Waals surface area (Å²) in [7, 11) is -7.32. The van der Waals surface area contributed by atoms with Gasteiger partial charge in [0.25, 0.3) is 10.1 Å². The van der Waals surface area contributed by atoms with Crippen LogP contribution in [0.15, 0.2) is 52.0 Å². The fourth-order valence-electron chi connectivity index (χ4n) is 7.68. The monoisotopic (exact) mass is 546 g/mol. The Hall–Kier alpha value is -1.77. The molecule has 1 aliphatic heterocycles. The van der Waals surface area contributed by atoms with Gasteiger partial charge < -0.3 is 4.79 Å². The zero-order valence-corrected chi connectivity index (χ0v) is 23.6. The highest BCUT2D eigenvalue weighted by Crippen LogP contribution is 2.59. The minimum Gasteiger partial charge on any atom is -0.303 e. The first-order chi connectivity index (χ1) is 17.4. The number of aryl methyl sites for hydroxylation is 1. The molecule has 2 saturated carbocycles. The predicted molar refractivity (Wildman–Crippen MR) is 143 cm³/mol. The second kappa shape index (κ2) is 9.76. The number of rotatable bonds is 6. The van der Waals surface area contributed by atoms with Crippen LogP contribution in [0, 0.1) is 30.1 Å². The van der Waals surface area contributed by atoms with Crippen LogP contribution in [0.3, 0.4) is 0 Å². The molecular weight excluding hydrogens is 508 g/mol. The molecule has 0 radical (unpaired) electrons. The van der Waals surface area contributed by atoms with Crippen LogP contribution >= 0.6 is 0 Å². The first-order valence-electron chi connectivity index (χ1n) is 13.5. The SMILES string of the molecule is Cc1ccc(S(=O)(=O)O[C@H]2CCC3=C(C2)[C@@H](/C=C2\CCC[C@]4(C)[C@@H]([C@H](C)C=O)CC[C@@H]24)S(=O)(=O)C3)cc1. The number of hydrogen-bond acceptors (Lipinski definition) is 6. The fourth-order valence-corrected chi connectivity index (χ4v) is 10.9. The van der Waals surface area contributed by atoms with E-state index in [4.69, 9.17) is 4.18 Å². The molecule has 8 heteroatoms. The number of hydrogen-bond donors (Lipinski definition) is 0. The molecule has 5 rings (SSSR count). The summed E-state index contributed by atoms with van der Waals surface area (Å²) in [5.41, 5.74) is 3.97. The van der Waals surface area contributed by atoms with Crippen molar-refractivity contribution in [3.63, 3.8) is 0 Å². The Balaban J connectivity index is 1.39. The van der Waals surface area contributed by atoms with Gasteiger partial charge in [-0.3, -0.25) is 4.18 Å². The molecule has 0 bridgehead atoms. The van der Waals surface area contributed by atoms with Gasteiger partial charge in [0, 0.05) is 5.92 Å². The quantitative estimate of drug-likeness (QED) is 0.272. The maximum Gasteiger partial charge on any atom is 0.297 e. The Morgan fingerprint density at radius 3 is 2.54 bits per heavy atom. The van der Waals surface area contributed by atoms with E-state index in [-0.39, 0.29) is 22.0 Å². The molecule has 0 unspecified atom stereocenters. The molecule has 1 aromatic rings. The van der Waals surface area contributed by atoms with Crippen molar-refractivity contribution in [3.05, 3.63) is 52.6 Å². The van der Waals surface area contributed by atoms with Crippen LogP contribution < -0.4 is 0 Å². The normalized spacial score (nSPS) is 35.3. The average Bonchev–Trinajstić information content (AvgIpc) is 3.32. The average molecular weight is 547 g/mol. The first-order valence-corrected chi connectivity index (χ1v) is 16.6. The van der Waals surface area contributed by atoms with E-state index in [2.05, 4.69) is 6.92 Å². The van der Waals surface area contributed by atoms with Crippen LogP contribution in [0.1, 0.15) is 70.8 Å². The van der Waals surface area contributed by atoms with E-state index in [0.717, 1.165) is 55.1 Å². The molecular formula is C29H38O6S2. The van der Waals surface area contributed by atoms with Crippen molar-refractivity contribution < 1.29 is 25.8 Å². The van der Waals surface area contributed by atoms with E-state index in [1.54, 1.807) is 24.3 Å². The third kappa shape index (κ3) is 4.89. The Labute approximate surface area is 221 Å². The Morgan fingerprint density at radius 2 is 1.84 bits per heavy atom. The van der Waals surface area contributed by atoms with Crippen molar-refractivity contribution in [2.75, 3.05) is 5.75 Å². The summed E-state index contributed by atoms with van der Waals surface area (Å²) in [5, 5.41) is -0.698. The van der Waals surface area contributed by atoms with Gasteiger partial charge in [-0.15, -0.1) is 0 Å². The second-order valence-corrected chi connectivity index (χ2v) is 15.6. The number of aldehydes is 1. The lowest BCUT2D eigenvalue weighted by Gasteiger charge is -2.43. The van der Waals surface area contributed by atoms with E-state index in [1.807, 2.05) is 19.9 Å². The minimum absolute atomic E-state index is 0.00519. The summed E-state index contributed by atoms with van der Waals surface area (Å²) in [6.07, 6.45) is 8.81. The molecule has 3 aliphatic carbocycles. The van der Waals surface area contributed by atoms with Gasteiger partial charge in [-0.25, -0.2) is 8.42 Å². The Kier molecular flexibility index (Phi) is 7.08. The number of allylic oxidation sites excluding steroid dienone is 1. The molecule has 4 aliphatic rings. The van der Waals surface area contributed by atoms with Gasteiger partial charge in [0.05, 0.1) is 16.8 Å². The van der Waals surface area contributed by atoms with Crippen molar-refractivity contribution in [3.8, 4) is 0 Å². The van der Waals surface area contributed by atoms with Crippen LogP contribution in [-0.4, -0.2) is 40.2 Å². The summed E-state index contributed by atoms with van der Waals surface area (Å²) in [6.45, 7) is 6.19. The first kappa shape index (κ1) is 26.8. The largest absolute Gasteiger partial charge is 0.303 e. The van der Waals surface area contributed by atoms with Gasteiger partial charge in [0.1, 0.15) is 11.5 Å². The van der Waals surface area contributed by atoms with Crippen molar-refractivity contribution in [2.45, 2.75) is 88.4 Å². The van der Waals surface area contributed by atoms with Gasteiger partial charge in [-0.2, -0.15) is 8.42 Å². The number of sulfone groups is 1. The lowest BCUT2D eigenvalue weighted by Crippen LogP contribution is -2.37. The van der Waals surface area contributed by atoms with Crippen LogP contribution in [0.4, 0.5) is 0 Å². The molecule has 6 nitrogen and oxygen atoms in total. The molecule has 37 heavy (non-hydrogen) atoms. The lowest BCUT2D eigenvalue weighted by atomic mass is 9.61. The summed E-state index contributed by atoms with van der Waals surface area (Å²) in [5.74, 6) is 0.686. The smallest absolute Gasteiger partial charge is 0.297 e. The fraction of sp³-hybridized carbons (Fsp3) is 0.621. The number of fused-ring (bicyclic) bond motifs is 1. The highest BCUT2D eigenvalue weighted by molar-refractivity contribution is 7.92. The summed E-state index contributed by atoms with van der Waals surface area (Å²) >= 11 is 0. The van der Waals surface area contributed by atoms with Gasteiger partial charge in [-0.1, -0.05) is 48.8 Å². The van der Waals surface area contributed by atoms with E-state index in [0.29, 0.717) is 31.1 Å². The number of benzene rings is 1. The molecule has 0 spiro atoms. The molecule has 1 heterocycles. The van der Waals surface area contributed by atoms with Gasteiger partial charge in [-0.05, 0) is 93.2 Å². The maximum absolute atomic E-state index is 13.3. The zero-order chi connectivity index (χ0) is 26.6. The van der Waals surface area contributed by atoms with Crippen molar-refractivity contribution >= 4 is 26.2 Å². The minimum atomic E-state index is -3.93. The van der Waals surface area contributed by atoms with Crippen molar-refractivity contribution in [1.29, 1.82) is 0 Å². The molecule has 0 aromatic heterocycles. The van der Waals surface area contributed by atoms with Crippen LogP contribution in [0.5, 0.6) is 0 Å². The summed E-state index contributed by atoms with van der Waals surface area (Å²) in [4.78, 5) is 11.7. The predicted octanol–water partition coefficient (Wildman–Crippen LogP) is 5.32. The van der Waals surface area contributed by atoms with E-state index < -0.39 is 31.3 Å².